The summed E-state index contributed by atoms with van der Waals surface area (Å²) in [7, 11) is 1.78. The Morgan fingerprint density at radius 3 is 1.82 bits per heavy atom. The van der Waals surface area contributed by atoms with Gasteiger partial charge in [0.05, 0.1) is 5.70 Å². The normalized spacial score (nSPS) is 9.64. The van der Waals surface area contributed by atoms with Crippen LogP contribution in [0.5, 0.6) is 0 Å². The van der Waals surface area contributed by atoms with E-state index in [4.69, 9.17) is 0 Å². The lowest BCUT2D eigenvalue weighted by Gasteiger charge is -2.09. The Bertz CT molecular complexity index is 176. The number of Topliss-reactive ketones (excluding diaryl/α,β-unsaturated/α-hetero) is 1. The molecule has 2 nitrogen and oxygen atoms in total. The highest BCUT2D eigenvalue weighted by molar-refractivity contribution is 5.96. The van der Waals surface area contributed by atoms with Crippen molar-refractivity contribution in [2.45, 2.75) is 27.7 Å². The minimum atomic E-state index is 0.0762. The molecule has 0 bridgehead atoms. The molecule has 2 heteroatoms. The molecule has 0 saturated heterocycles. The zero-order valence-electron chi connectivity index (χ0n) is 7.99. The van der Waals surface area contributed by atoms with Gasteiger partial charge < -0.3 is 5.32 Å². The van der Waals surface area contributed by atoms with Crippen molar-refractivity contribution in [2.75, 3.05) is 7.05 Å². The van der Waals surface area contributed by atoms with E-state index in [0.29, 0.717) is 0 Å². The summed E-state index contributed by atoms with van der Waals surface area (Å²) in [6, 6.07) is 0. The number of hydrogen-bond donors (Lipinski definition) is 1. The van der Waals surface area contributed by atoms with E-state index in [2.05, 4.69) is 5.32 Å². The standard InChI is InChI=1S/C9H17NO/c1-6(2)8(10-5)9(11)7(3)4/h7,10H,1-5H3. The zero-order chi connectivity index (χ0) is 9.02. The molecule has 1 N–H and O–H groups in total. The molecule has 0 aromatic carbocycles. The van der Waals surface area contributed by atoms with Crippen LogP contribution in [-0.2, 0) is 4.79 Å². The van der Waals surface area contributed by atoms with Crippen LogP contribution in [0.1, 0.15) is 27.7 Å². The number of nitrogens with one attached hydrogen (secondary N) is 1. The van der Waals surface area contributed by atoms with Crippen LogP contribution in [0.15, 0.2) is 11.3 Å². The lowest BCUT2D eigenvalue weighted by Crippen LogP contribution is -2.21. The average Bonchev–Trinajstić information content (AvgIpc) is 1.88. The Labute approximate surface area is 68.7 Å². The predicted octanol–water partition coefficient (Wildman–Crippen LogP) is 1.72. The summed E-state index contributed by atoms with van der Waals surface area (Å²) in [5.74, 6) is 0.264. The highest BCUT2D eigenvalue weighted by Gasteiger charge is 2.12. The third kappa shape index (κ3) is 2.74. The van der Waals surface area contributed by atoms with Crippen LogP contribution in [-0.4, -0.2) is 12.8 Å². The molecule has 0 spiro atoms. The predicted molar refractivity (Wildman–Crippen MR) is 47.3 cm³/mol. The summed E-state index contributed by atoms with van der Waals surface area (Å²) in [6.07, 6.45) is 0. The Kier molecular flexibility index (Phi) is 3.86. The van der Waals surface area contributed by atoms with Gasteiger partial charge in [-0.15, -0.1) is 0 Å². The summed E-state index contributed by atoms with van der Waals surface area (Å²) in [5.41, 5.74) is 1.80. The van der Waals surface area contributed by atoms with Crippen LogP contribution in [0.2, 0.25) is 0 Å². The van der Waals surface area contributed by atoms with Gasteiger partial charge in [-0.05, 0) is 19.4 Å². The second kappa shape index (κ2) is 4.16. The Balaban J connectivity index is 4.55. The highest BCUT2D eigenvalue weighted by Crippen LogP contribution is 2.06. The van der Waals surface area contributed by atoms with Gasteiger partial charge >= 0.3 is 0 Å². The molecule has 0 aliphatic carbocycles. The molecule has 0 saturated carbocycles. The fraction of sp³-hybridized carbons (Fsp3) is 0.667. The van der Waals surface area contributed by atoms with E-state index >= 15 is 0 Å². The molecular weight excluding hydrogens is 138 g/mol. The Hall–Kier alpha value is -0.790. The molecular formula is C9H17NO. The summed E-state index contributed by atoms with van der Waals surface area (Å²) < 4.78 is 0. The molecule has 64 valence electrons. The average molecular weight is 155 g/mol. The van der Waals surface area contributed by atoms with E-state index in [1.807, 2.05) is 27.7 Å². The first-order valence-electron chi connectivity index (χ1n) is 3.90. The Morgan fingerprint density at radius 2 is 1.73 bits per heavy atom. The van der Waals surface area contributed by atoms with E-state index < -0.39 is 0 Å². The van der Waals surface area contributed by atoms with E-state index in [1.165, 1.54) is 0 Å². The zero-order valence-corrected chi connectivity index (χ0v) is 7.99. The van der Waals surface area contributed by atoms with Gasteiger partial charge in [-0.3, -0.25) is 4.79 Å². The van der Waals surface area contributed by atoms with E-state index in [1.54, 1.807) is 7.05 Å². The molecule has 0 aromatic rings. The van der Waals surface area contributed by atoms with Gasteiger partial charge in [0.2, 0.25) is 0 Å². The number of ketones is 1. The third-order valence-electron chi connectivity index (χ3n) is 1.52. The van der Waals surface area contributed by atoms with Gasteiger partial charge in [0.15, 0.2) is 5.78 Å². The van der Waals surface area contributed by atoms with Crippen molar-refractivity contribution in [2.24, 2.45) is 5.92 Å². The summed E-state index contributed by atoms with van der Waals surface area (Å²) in [5, 5.41) is 2.91. The lowest BCUT2D eigenvalue weighted by atomic mass is 10.0. The molecule has 11 heavy (non-hydrogen) atoms. The van der Waals surface area contributed by atoms with Crippen molar-refractivity contribution in [1.82, 2.24) is 5.32 Å². The number of likely N-dealkylation sites (N-methyl/N-ethyl adjacent to an activating group) is 1. The first-order valence-corrected chi connectivity index (χ1v) is 3.90. The smallest absolute Gasteiger partial charge is 0.181 e. The van der Waals surface area contributed by atoms with E-state index in [9.17, 15) is 4.79 Å². The van der Waals surface area contributed by atoms with Crippen LogP contribution in [0.4, 0.5) is 0 Å². The summed E-state index contributed by atoms with van der Waals surface area (Å²) in [6.45, 7) is 7.68. The highest BCUT2D eigenvalue weighted by atomic mass is 16.1. The molecule has 0 heterocycles. The third-order valence-corrected chi connectivity index (χ3v) is 1.52. The van der Waals surface area contributed by atoms with Crippen molar-refractivity contribution in [3.8, 4) is 0 Å². The van der Waals surface area contributed by atoms with E-state index in [0.717, 1.165) is 11.3 Å². The lowest BCUT2D eigenvalue weighted by molar-refractivity contribution is -0.118. The fourth-order valence-electron chi connectivity index (χ4n) is 0.908. The molecule has 0 atom stereocenters. The molecule has 0 unspecified atom stereocenters. The second-order valence-electron chi connectivity index (χ2n) is 3.14. The van der Waals surface area contributed by atoms with Gasteiger partial charge in [0.25, 0.3) is 0 Å². The molecule has 0 aliphatic heterocycles. The minimum absolute atomic E-state index is 0.0762. The van der Waals surface area contributed by atoms with Gasteiger partial charge in [-0.1, -0.05) is 13.8 Å². The molecule has 0 aliphatic rings. The number of rotatable bonds is 3. The van der Waals surface area contributed by atoms with Gasteiger partial charge in [-0.25, -0.2) is 0 Å². The number of hydrogen-bond acceptors (Lipinski definition) is 2. The van der Waals surface area contributed by atoms with Crippen LogP contribution >= 0.6 is 0 Å². The monoisotopic (exact) mass is 155 g/mol. The quantitative estimate of drug-likeness (QED) is 0.629. The van der Waals surface area contributed by atoms with Crippen molar-refractivity contribution >= 4 is 5.78 Å². The topological polar surface area (TPSA) is 29.1 Å². The second-order valence-corrected chi connectivity index (χ2v) is 3.14. The van der Waals surface area contributed by atoms with Gasteiger partial charge in [0.1, 0.15) is 0 Å². The van der Waals surface area contributed by atoms with Crippen LogP contribution < -0.4 is 5.32 Å². The molecule has 0 rings (SSSR count). The molecule has 0 radical (unpaired) electrons. The van der Waals surface area contributed by atoms with Crippen molar-refractivity contribution in [1.29, 1.82) is 0 Å². The number of carbonyl (C=O) groups is 1. The van der Waals surface area contributed by atoms with Crippen molar-refractivity contribution in [3.63, 3.8) is 0 Å². The number of allylic oxidation sites excluding steroid dienone is 2. The van der Waals surface area contributed by atoms with Crippen molar-refractivity contribution < 1.29 is 4.79 Å². The van der Waals surface area contributed by atoms with Gasteiger partial charge in [-0.2, -0.15) is 0 Å². The summed E-state index contributed by atoms with van der Waals surface area (Å²) in [4.78, 5) is 11.4. The summed E-state index contributed by atoms with van der Waals surface area (Å²) >= 11 is 0. The van der Waals surface area contributed by atoms with Crippen LogP contribution in [0.25, 0.3) is 0 Å². The van der Waals surface area contributed by atoms with Gasteiger partial charge in [0, 0.05) is 13.0 Å². The SMILES string of the molecule is CNC(C(=O)C(C)C)=C(C)C. The maximum absolute atomic E-state index is 11.4. The van der Waals surface area contributed by atoms with E-state index in [-0.39, 0.29) is 11.7 Å². The Morgan fingerprint density at radius 1 is 1.27 bits per heavy atom. The minimum Gasteiger partial charge on any atom is -0.385 e. The molecule has 0 aromatic heterocycles. The maximum Gasteiger partial charge on any atom is 0.181 e. The number of carbonyl (C=O) groups excluding carboxylic acids is 1. The molecule has 0 fully saturated rings. The van der Waals surface area contributed by atoms with Crippen LogP contribution in [0, 0.1) is 5.92 Å². The largest absolute Gasteiger partial charge is 0.385 e. The fourth-order valence-corrected chi connectivity index (χ4v) is 0.908. The van der Waals surface area contributed by atoms with Crippen LogP contribution in [0.3, 0.4) is 0 Å². The maximum atomic E-state index is 11.4. The van der Waals surface area contributed by atoms with Crippen molar-refractivity contribution in [3.05, 3.63) is 11.3 Å². The molecule has 0 amide bonds. The first-order chi connectivity index (χ1) is 5.00. The first kappa shape index (κ1) is 10.2.